The molecule has 1 aliphatic carbocycles. The summed E-state index contributed by atoms with van der Waals surface area (Å²) in [5, 5.41) is 1.21. The minimum Gasteiger partial charge on any atom is -0.497 e. The van der Waals surface area contributed by atoms with E-state index in [1.54, 1.807) is 28.4 Å². The minimum atomic E-state index is -0.0122. The summed E-state index contributed by atoms with van der Waals surface area (Å²) < 4.78 is 22.7. The quantitative estimate of drug-likeness (QED) is 0.402. The van der Waals surface area contributed by atoms with Crippen LogP contribution in [0.1, 0.15) is 28.3 Å². The monoisotopic (exact) mass is 415 g/mol. The van der Waals surface area contributed by atoms with Crippen LogP contribution < -0.4 is 18.9 Å². The second-order valence-electron chi connectivity index (χ2n) is 7.73. The number of aromatic amines is 1. The fraction of sp³-hybridized carbons (Fsp3) is 0.231. The summed E-state index contributed by atoms with van der Waals surface area (Å²) in [6.45, 7) is 2.13. The number of aryl methyl sites for hydroxylation is 1. The van der Waals surface area contributed by atoms with Gasteiger partial charge in [-0.05, 0) is 53.4 Å². The van der Waals surface area contributed by atoms with Gasteiger partial charge >= 0.3 is 0 Å². The molecule has 5 rings (SSSR count). The molecule has 0 aliphatic heterocycles. The van der Waals surface area contributed by atoms with E-state index in [-0.39, 0.29) is 5.92 Å². The fourth-order valence-corrected chi connectivity index (χ4v) is 4.90. The Morgan fingerprint density at radius 1 is 0.710 bits per heavy atom. The largest absolute Gasteiger partial charge is 0.497 e. The number of H-pyrrole nitrogens is 1. The molecular formula is C26H25NO4. The van der Waals surface area contributed by atoms with Crippen LogP contribution >= 0.6 is 0 Å². The summed E-state index contributed by atoms with van der Waals surface area (Å²) >= 11 is 0. The van der Waals surface area contributed by atoms with Crippen LogP contribution in [0.5, 0.6) is 23.0 Å². The Kier molecular flexibility index (Phi) is 4.54. The number of ether oxygens (including phenoxy) is 4. The summed E-state index contributed by atoms with van der Waals surface area (Å²) in [6.07, 6.45) is 0. The van der Waals surface area contributed by atoms with Gasteiger partial charge in [0.2, 0.25) is 0 Å². The van der Waals surface area contributed by atoms with Crippen LogP contribution in [0, 0.1) is 6.92 Å². The number of benzene rings is 3. The Hall–Kier alpha value is -3.60. The lowest BCUT2D eigenvalue weighted by Crippen LogP contribution is -2.04. The molecule has 0 saturated carbocycles. The van der Waals surface area contributed by atoms with Crippen molar-refractivity contribution in [2.45, 2.75) is 12.8 Å². The van der Waals surface area contributed by atoms with Crippen LogP contribution in [-0.4, -0.2) is 33.4 Å². The van der Waals surface area contributed by atoms with Gasteiger partial charge in [-0.15, -0.1) is 0 Å². The molecule has 0 amide bonds. The number of hydrogen-bond donors (Lipinski definition) is 1. The third-order valence-electron chi connectivity index (χ3n) is 6.25. The molecule has 0 unspecified atom stereocenters. The van der Waals surface area contributed by atoms with Crippen molar-refractivity contribution < 1.29 is 18.9 Å². The minimum absolute atomic E-state index is 0.0122. The lowest BCUT2D eigenvalue weighted by Gasteiger charge is -2.19. The van der Waals surface area contributed by atoms with Gasteiger partial charge in [0, 0.05) is 34.1 Å². The van der Waals surface area contributed by atoms with E-state index in [9.17, 15) is 0 Å². The highest BCUT2D eigenvalue weighted by Gasteiger charge is 2.37. The maximum absolute atomic E-state index is 5.87. The standard InChI is InChI=1S/C26H25NO4/c1-14-24(16-8-6-7-9-20(16)27-14)26-19-13-22(30-4)21(29-3)12-17(19)18-10-15(28-2)11-23(31-5)25(18)26/h6-13,26-27H,1-5H3/t26-/m1/s1. The molecule has 31 heavy (non-hydrogen) atoms. The zero-order valence-corrected chi connectivity index (χ0v) is 18.3. The molecule has 5 nitrogen and oxygen atoms in total. The Labute approximate surface area is 181 Å². The van der Waals surface area contributed by atoms with E-state index < -0.39 is 0 Å². The number of nitrogens with one attached hydrogen (secondary N) is 1. The molecule has 1 aromatic heterocycles. The molecule has 0 bridgehead atoms. The number of fused-ring (bicyclic) bond motifs is 4. The number of aromatic nitrogens is 1. The van der Waals surface area contributed by atoms with E-state index in [1.807, 2.05) is 6.07 Å². The van der Waals surface area contributed by atoms with Crippen LogP contribution in [0.3, 0.4) is 0 Å². The van der Waals surface area contributed by atoms with Gasteiger partial charge in [0.15, 0.2) is 11.5 Å². The van der Waals surface area contributed by atoms with E-state index in [0.29, 0.717) is 11.5 Å². The van der Waals surface area contributed by atoms with Crippen molar-refractivity contribution in [3.63, 3.8) is 0 Å². The average molecular weight is 415 g/mol. The van der Waals surface area contributed by atoms with Crippen LogP contribution in [0.4, 0.5) is 0 Å². The van der Waals surface area contributed by atoms with E-state index in [4.69, 9.17) is 18.9 Å². The second kappa shape index (κ2) is 7.27. The first kappa shape index (κ1) is 19.4. The number of methoxy groups -OCH3 is 4. The smallest absolute Gasteiger partial charge is 0.161 e. The number of para-hydroxylation sites is 1. The summed E-state index contributed by atoms with van der Waals surface area (Å²) in [6, 6.07) is 16.6. The van der Waals surface area contributed by atoms with Crippen molar-refractivity contribution in [2.24, 2.45) is 0 Å². The molecule has 0 fully saturated rings. The zero-order chi connectivity index (χ0) is 21.7. The molecule has 1 aliphatic rings. The SMILES string of the molecule is COc1cc(OC)c2c(c1)-c1cc(OC)c(OC)cc1[C@@H]2c1c(C)[nH]c2ccccc12. The Balaban J connectivity index is 1.90. The molecule has 4 aromatic rings. The summed E-state index contributed by atoms with van der Waals surface area (Å²) in [5.74, 6) is 2.96. The molecule has 1 heterocycles. The zero-order valence-electron chi connectivity index (χ0n) is 18.3. The first-order chi connectivity index (χ1) is 15.1. The summed E-state index contributed by atoms with van der Waals surface area (Å²) in [7, 11) is 6.71. The normalized spacial score (nSPS) is 14.3. The van der Waals surface area contributed by atoms with Gasteiger partial charge in [0.1, 0.15) is 11.5 Å². The lowest BCUT2D eigenvalue weighted by atomic mass is 9.86. The van der Waals surface area contributed by atoms with Gasteiger partial charge in [-0.3, -0.25) is 0 Å². The maximum Gasteiger partial charge on any atom is 0.161 e. The van der Waals surface area contributed by atoms with E-state index in [2.05, 4.69) is 54.4 Å². The first-order valence-electron chi connectivity index (χ1n) is 10.2. The fourth-order valence-electron chi connectivity index (χ4n) is 4.90. The number of hydrogen-bond acceptors (Lipinski definition) is 4. The van der Waals surface area contributed by atoms with Gasteiger partial charge < -0.3 is 23.9 Å². The van der Waals surface area contributed by atoms with Gasteiger partial charge in [0.25, 0.3) is 0 Å². The van der Waals surface area contributed by atoms with Crippen molar-refractivity contribution in [2.75, 3.05) is 28.4 Å². The van der Waals surface area contributed by atoms with E-state index in [1.165, 1.54) is 10.9 Å². The van der Waals surface area contributed by atoms with Crippen molar-refractivity contribution >= 4 is 10.9 Å². The van der Waals surface area contributed by atoms with Crippen molar-refractivity contribution in [1.82, 2.24) is 4.98 Å². The molecule has 5 heteroatoms. The topological polar surface area (TPSA) is 52.7 Å². The van der Waals surface area contributed by atoms with Gasteiger partial charge in [0.05, 0.1) is 28.4 Å². The third kappa shape index (κ3) is 2.76. The van der Waals surface area contributed by atoms with Crippen LogP contribution in [0.15, 0.2) is 48.5 Å². The van der Waals surface area contributed by atoms with Crippen molar-refractivity contribution in [1.29, 1.82) is 0 Å². The molecule has 1 N–H and O–H groups in total. The van der Waals surface area contributed by atoms with Gasteiger partial charge in [-0.2, -0.15) is 0 Å². The molecule has 158 valence electrons. The second-order valence-corrected chi connectivity index (χ2v) is 7.73. The Bertz CT molecular complexity index is 1300. The van der Waals surface area contributed by atoms with Crippen LogP contribution in [-0.2, 0) is 0 Å². The molecular weight excluding hydrogens is 390 g/mol. The predicted octanol–water partition coefficient (Wildman–Crippen LogP) is 5.67. The number of rotatable bonds is 5. The van der Waals surface area contributed by atoms with Gasteiger partial charge in [-0.1, -0.05) is 18.2 Å². The predicted molar refractivity (Wildman–Crippen MR) is 122 cm³/mol. The van der Waals surface area contributed by atoms with E-state index in [0.717, 1.165) is 45.0 Å². The van der Waals surface area contributed by atoms with Crippen LogP contribution in [0.2, 0.25) is 0 Å². The van der Waals surface area contributed by atoms with Crippen molar-refractivity contribution in [3.8, 4) is 34.1 Å². The summed E-state index contributed by atoms with van der Waals surface area (Å²) in [5.41, 5.74) is 7.97. The Morgan fingerprint density at radius 2 is 1.42 bits per heavy atom. The highest BCUT2D eigenvalue weighted by Crippen LogP contribution is 2.56. The van der Waals surface area contributed by atoms with Crippen LogP contribution in [0.25, 0.3) is 22.0 Å². The van der Waals surface area contributed by atoms with E-state index >= 15 is 0 Å². The molecule has 0 spiro atoms. The third-order valence-corrected chi connectivity index (χ3v) is 6.25. The molecule has 0 saturated heterocycles. The molecule has 3 aromatic carbocycles. The first-order valence-corrected chi connectivity index (χ1v) is 10.2. The maximum atomic E-state index is 5.87. The average Bonchev–Trinajstić information content (AvgIpc) is 3.30. The lowest BCUT2D eigenvalue weighted by molar-refractivity contribution is 0.355. The molecule has 1 atom stereocenters. The Morgan fingerprint density at radius 3 is 2.13 bits per heavy atom. The highest BCUT2D eigenvalue weighted by molar-refractivity contribution is 5.92. The van der Waals surface area contributed by atoms with Crippen molar-refractivity contribution in [3.05, 3.63) is 70.9 Å². The highest BCUT2D eigenvalue weighted by atomic mass is 16.5. The summed E-state index contributed by atoms with van der Waals surface area (Å²) in [4.78, 5) is 3.56. The van der Waals surface area contributed by atoms with Gasteiger partial charge in [-0.25, -0.2) is 0 Å². The molecule has 0 radical (unpaired) electrons.